The van der Waals surface area contributed by atoms with Crippen LogP contribution in [0.2, 0.25) is 0 Å². The lowest BCUT2D eigenvalue weighted by Crippen LogP contribution is -2.23. The molecule has 0 spiro atoms. The Bertz CT molecular complexity index is 554. The fourth-order valence-electron chi connectivity index (χ4n) is 1.90. The SMILES string of the molecule is CCN(Cc1ccccc1)c1ccc(NC(C)=O)nn1. The molecule has 2 rings (SSSR count). The minimum atomic E-state index is -0.149. The second-order valence-corrected chi connectivity index (χ2v) is 4.46. The topological polar surface area (TPSA) is 58.1 Å². The lowest BCUT2D eigenvalue weighted by Gasteiger charge is -2.21. The van der Waals surface area contributed by atoms with Crippen LogP contribution in [0.3, 0.4) is 0 Å². The van der Waals surface area contributed by atoms with E-state index in [9.17, 15) is 4.79 Å². The van der Waals surface area contributed by atoms with Crippen molar-refractivity contribution in [2.45, 2.75) is 20.4 Å². The van der Waals surface area contributed by atoms with Crippen LogP contribution in [0.1, 0.15) is 19.4 Å². The predicted octanol–water partition coefficient (Wildman–Crippen LogP) is 2.46. The third kappa shape index (κ3) is 3.78. The summed E-state index contributed by atoms with van der Waals surface area (Å²) in [7, 11) is 0. The van der Waals surface area contributed by atoms with Gasteiger partial charge >= 0.3 is 0 Å². The van der Waals surface area contributed by atoms with Crippen molar-refractivity contribution in [3.63, 3.8) is 0 Å². The van der Waals surface area contributed by atoms with Gasteiger partial charge in [0.15, 0.2) is 11.6 Å². The zero-order chi connectivity index (χ0) is 14.4. The molecule has 0 aliphatic heterocycles. The van der Waals surface area contributed by atoms with Crippen LogP contribution in [0.25, 0.3) is 0 Å². The molecular formula is C15H18N4O. The fraction of sp³-hybridized carbons (Fsp3) is 0.267. The summed E-state index contributed by atoms with van der Waals surface area (Å²) in [5.41, 5.74) is 1.22. The number of hydrogen-bond donors (Lipinski definition) is 1. The standard InChI is InChI=1S/C15H18N4O/c1-3-19(11-13-7-5-4-6-8-13)15-10-9-14(17-18-15)16-12(2)20/h4-10H,3,11H2,1-2H3,(H,16,17,20). The number of amides is 1. The molecule has 1 N–H and O–H groups in total. The smallest absolute Gasteiger partial charge is 0.222 e. The third-order valence-electron chi connectivity index (χ3n) is 2.88. The zero-order valence-corrected chi connectivity index (χ0v) is 11.7. The molecule has 0 aliphatic carbocycles. The third-order valence-corrected chi connectivity index (χ3v) is 2.88. The van der Waals surface area contributed by atoms with E-state index in [2.05, 4.69) is 39.5 Å². The fourth-order valence-corrected chi connectivity index (χ4v) is 1.90. The first kappa shape index (κ1) is 14.0. The van der Waals surface area contributed by atoms with E-state index in [0.717, 1.165) is 18.9 Å². The summed E-state index contributed by atoms with van der Waals surface area (Å²) in [5.74, 6) is 1.12. The summed E-state index contributed by atoms with van der Waals surface area (Å²) in [4.78, 5) is 13.1. The maximum Gasteiger partial charge on any atom is 0.222 e. The van der Waals surface area contributed by atoms with Crippen LogP contribution in [-0.4, -0.2) is 22.6 Å². The molecule has 0 radical (unpaired) electrons. The Kier molecular flexibility index (Phi) is 4.65. The van der Waals surface area contributed by atoms with Gasteiger partial charge < -0.3 is 10.2 Å². The molecule has 0 aliphatic rings. The maximum atomic E-state index is 10.9. The molecule has 0 bridgehead atoms. The largest absolute Gasteiger partial charge is 0.351 e. The van der Waals surface area contributed by atoms with E-state index >= 15 is 0 Å². The molecule has 5 nitrogen and oxygen atoms in total. The normalized spacial score (nSPS) is 10.1. The second kappa shape index (κ2) is 6.65. The number of anilines is 2. The number of carbonyl (C=O) groups excluding carboxylic acids is 1. The molecule has 0 saturated heterocycles. The summed E-state index contributed by atoms with van der Waals surface area (Å²) in [5, 5.41) is 10.8. The Labute approximate surface area is 118 Å². The van der Waals surface area contributed by atoms with Crippen molar-refractivity contribution in [2.24, 2.45) is 0 Å². The van der Waals surface area contributed by atoms with Crippen molar-refractivity contribution in [1.29, 1.82) is 0 Å². The molecule has 5 heteroatoms. The van der Waals surface area contributed by atoms with Gasteiger partial charge in [-0.3, -0.25) is 4.79 Å². The van der Waals surface area contributed by atoms with Crippen LogP contribution in [0.4, 0.5) is 11.6 Å². The highest BCUT2D eigenvalue weighted by atomic mass is 16.1. The van der Waals surface area contributed by atoms with Gasteiger partial charge in [0.05, 0.1) is 0 Å². The first-order valence-corrected chi connectivity index (χ1v) is 6.59. The minimum absolute atomic E-state index is 0.149. The Balaban J connectivity index is 2.09. The molecule has 1 amide bonds. The van der Waals surface area contributed by atoms with E-state index in [0.29, 0.717) is 5.82 Å². The molecule has 1 aromatic carbocycles. The van der Waals surface area contributed by atoms with Crippen molar-refractivity contribution >= 4 is 17.5 Å². The molecule has 1 heterocycles. The minimum Gasteiger partial charge on any atom is -0.351 e. The van der Waals surface area contributed by atoms with Crippen molar-refractivity contribution in [1.82, 2.24) is 10.2 Å². The number of carbonyl (C=O) groups is 1. The first-order chi connectivity index (χ1) is 9.69. The van der Waals surface area contributed by atoms with Crippen molar-refractivity contribution in [2.75, 3.05) is 16.8 Å². The molecule has 2 aromatic rings. The van der Waals surface area contributed by atoms with Gasteiger partial charge in [0.25, 0.3) is 0 Å². The van der Waals surface area contributed by atoms with Crippen molar-refractivity contribution < 1.29 is 4.79 Å². The van der Waals surface area contributed by atoms with Gasteiger partial charge in [-0.05, 0) is 24.6 Å². The van der Waals surface area contributed by atoms with Crippen LogP contribution >= 0.6 is 0 Å². The van der Waals surface area contributed by atoms with Crippen LogP contribution in [0.5, 0.6) is 0 Å². The van der Waals surface area contributed by atoms with Crippen LogP contribution in [-0.2, 0) is 11.3 Å². The Morgan fingerprint density at radius 1 is 1.15 bits per heavy atom. The monoisotopic (exact) mass is 270 g/mol. The molecule has 20 heavy (non-hydrogen) atoms. The maximum absolute atomic E-state index is 10.9. The van der Waals surface area contributed by atoms with Gasteiger partial charge in [-0.1, -0.05) is 30.3 Å². The lowest BCUT2D eigenvalue weighted by molar-refractivity contribution is -0.114. The highest BCUT2D eigenvalue weighted by Gasteiger charge is 2.07. The average molecular weight is 270 g/mol. The highest BCUT2D eigenvalue weighted by Crippen LogP contribution is 2.14. The molecule has 0 unspecified atom stereocenters. The van der Waals surface area contributed by atoms with E-state index in [1.54, 1.807) is 6.07 Å². The van der Waals surface area contributed by atoms with Gasteiger partial charge in [0.1, 0.15) is 0 Å². The second-order valence-electron chi connectivity index (χ2n) is 4.46. The number of nitrogens with one attached hydrogen (secondary N) is 1. The zero-order valence-electron chi connectivity index (χ0n) is 11.7. The number of hydrogen-bond acceptors (Lipinski definition) is 4. The van der Waals surface area contributed by atoms with Crippen LogP contribution < -0.4 is 10.2 Å². The summed E-state index contributed by atoms with van der Waals surface area (Å²) in [6.07, 6.45) is 0. The predicted molar refractivity (Wildman–Crippen MR) is 79.5 cm³/mol. The molecule has 0 atom stereocenters. The van der Waals surface area contributed by atoms with Crippen molar-refractivity contribution in [3.05, 3.63) is 48.0 Å². The summed E-state index contributed by atoms with van der Waals surface area (Å²) < 4.78 is 0. The van der Waals surface area contributed by atoms with E-state index in [1.165, 1.54) is 12.5 Å². The van der Waals surface area contributed by atoms with Crippen LogP contribution in [0.15, 0.2) is 42.5 Å². The molecular weight excluding hydrogens is 252 g/mol. The summed E-state index contributed by atoms with van der Waals surface area (Å²) in [6, 6.07) is 13.8. The van der Waals surface area contributed by atoms with Crippen molar-refractivity contribution in [3.8, 4) is 0 Å². The number of aromatic nitrogens is 2. The van der Waals surface area contributed by atoms with E-state index in [1.807, 2.05) is 24.3 Å². The molecule has 1 aromatic heterocycles. The highest BCUT2D eigenvalue weighted by molar-refractivity contribution is 5.87. The number of nitrogens with zero attached hydrogens (tertiary/aromatic N) is 3. The van der Waals surface area contributed by atoms with Crippen LogP contribution in [0, 0.1) is 0 Å². The Hall–Kier alpha value is -2.43. The van der Waals surface area contributed by atoms with E-state index in [-0.39, 0.29) is 5.91 Å². The molecule has 104 valence electrons. The quantitative estimate of drug-likeness (QED) is 0.906. The molecule has 0 fully saturated rings. The summed E-state index contributed by atoms with van der Waals surface area (Å²) >= 11 is 0. The van der Waals surface area contributed by atoms with Gasteiger partial charge in [-0.15, -0.1) is 10.2 Å². The van der Waals surface area contributed by atoms with E-state index in [4.69, 9.17) is 0 Å². The molecule has 0 saturated carbocycles. The van der Waals surface area contributed by atoms with Gasteiger partial charge in [0.2, 0.25) is 5.91 Å². The lowest BCUT2D eigenvalue weighted by atomic mass is 10.2. The first-order valence-electron chi connectivity index (χ1n) is 6.59. The average Bonchev–Trinajstić information content (AvgIpc) is 2.46. The van der Waals surface area contributed by atoms with E-state index < -0.39 is 0 Å². The Morgan fingerprint density at radius 2 is 1.90 bits per heavy atom. The van der Waals surface area contributed by atoms with Gasteiger partial charge in [-0.25, -0.2) is 0 Å². The Morgan fingerprint density at radius 3 is 2.45 bits per heavy atom. The number of benzene rings is 1. The summed E-state index contributed by atoms with van der Waals surface area (Å²) in [6.45, 7) is 5.14. The number of rotatable bonds is 5. The van der Waals surface area contributed by atoms with Gasteiger partial charge in [0, 0.05) is 20.0 Å². The van der Waals surface area contributed by atoms with Gasteiger partial charge in [-0.2, -0.15) is 0 Å².